The summed E-state index contributed by atoms with van der Waals surface area (Å²) in [6.45, 7) is 2.36. The average molecular weight is 265 g/mol. The van der Waals surface area contributed by atoms with Gasteiger partial charge in [0.05, 0.1) is 6.61 Å². The van der Waals surface area contributed by atoms with Crippen molar-refractivity contribution in [1.29, 1.82) is 0 Å². The van der Waals surface area contributed by atoms with Crippen molar-refractivity contribution in [3.63, 3.8) is 0 Å². The van der Waals surface area contributed by atoms with Crippen molar-refractivity contribution >= 4 is 30.9 Å². The van der Waals surface area contributed by atoms with Crippen molar-refractivity contribution in [2.24, 2.45) is 0 Å². The molecule has 0 unspecified atom stereocenters. The Bertz CT molecular complexity index is 193. The molecule has 0 aromatic carbocycles. The van der Waals surface area contributed by atoms with E-state index in [0.29, 0.717) is 0 Å². The summed E-state index contributed by atoms with van der Waals surface area (Å²) in [5.41, 5.74) is 0. The largest absolute Gasteiger partial charge is 2.00 e. The minimum atomic E-state index is -4.24. The molecule has 0 atom stereocenters. The Balaban J connectivity index is -0.000000327. The molecule has 0 aliphatic heterocycles. The summed E-state index contributed by atoms with van der Waals surface area (Å²) in [6.07, 6.45) is 9.22. The first kappa shape index (κ1) is 19.2. The number of hydrogen-bond donors (Lipinski definition) is 2. The maximum atomic E-state index is 10.3. The number of phosphoric acid groups is 1. The second kappa shape index (κ2) is 12.3. The molecule has 0 aromatic rings. The van der Waals surface area contributed by atoms with E-state index in [1.54, 1.807) is 0 Å². The van der Waals surface area contributed by atoms with Gasteiger partial charge in [-0.2, -0.15) is 0 Å². The second-order valence-corrected chi connectivity index (χ2v) is 5.04. The molecular weight excluding hydrogens is 239 g/mol. The van der Waals surface area contributed by atoms with E-state index in [1.165, 1.54) is 32.1 Å². The van der Waals surface area contributed by atoms with Crippen LogP contribution in [-0.2, 0) is 9.09 Å². The van der Waals surface area contributed by atoms with E-state index in [4.69, 9.17) is 9.79 Å². The van der Waals surface area contributed by atoms with Gasteiger partial charge in [0.2, 0.25) is 0 Å². The molecule has 0 rings (SSSR count). The van der Waals surface area contributed by atoms with Gasteiger partial charge in [0, 0.05) is 0 Å². The van der Waals surface area contributed by atoms with Crippen LogP contribution in [0.3, 0.4) is 0 Å². The fourth-order valence-electron chi connectivity index (χ4n) is 1.42. The molecule has 2 N–H and O–H groups in total. The smallest absolute Gasteiger partial charge is 1.00 e. The van der Waals surface area contributed by atoms with Crippen LogP contribution in [0.1, 0.15) is 61.1 Å². The maximum absolute atomic E-state index is 10.3. The molecule has 96 valence electrons. The number of rotatable bonds is 10. The van der Waals surface area contributed by atoms with Crippen molar-refractivity contribution < 1.29 is 21.7 Å². The first-order valence-corrected chi connectivity index (χ1v) is 7.29. The van der Waals surface area contributed by atoms with Gasteiger partial charge < -0.3 is 12.6 Å². The van der Waals surface area contributed by atoms with E-state index in [0.717, 1.165) is 19.3 Å². The van der Waals surface area contributed by atoms with E-state index in [2.05, 4.69) is 11.4 Å². The maximum Gasteiger partial charge on any atom is 2.00 e. The zero-order chi connectivity index (χ0) is 11.6. The predicted octanol–water partition coefficient (Wildman–Crippen LogP) is 3.08. The van der Waals surface area contributed by atoms with Crippen LogP contribution in [0.2, 0.25) is 0 Å². The van der Waals surface area contributed by atoms with Gasteiger partial charge in [-0.15, -0.1) is 0 Å². The van der Waals surface area contributed by atoms with Crippen molar-refractivity contribution in [2.45, 2.75) is 58.3 Å². The van der Waals surface area contributed by atoms with Gasteiger partial charge in [-0.25, -0.2) is 4.57 Å². The molecule has 0 radical (unpaired) electrons. The summed E-state index contributed by atoms with van der Waals surface area (Å²) in [6, 6.07) is 0. The topological polar surface area (TPSA) is 66.8 Å². The summed E-state index contributed by atoms with van der Waals surface area (Å²) < 4.78 is 14.7. The summed E-state index contributed by atoms with van der Waals surface area (Å²) in [5.74, 6) is 0. The van der Waals surface area contributed by atoms with Crippen molar-refractivity contribution in [1.82, 2.24) is 0 Å². The Morgan fingerprint density at radius 3 is 1.88 bits per heavy atom. The predicted molar refractivity (Wildman–Crippen MR) is 68.6 cm³/mol. The SMILES string of the molecule is CCCCCCCCCCOP(=O)(O)O.[H-].[H-].[Mg+2]. The molecule has 0 aromatic heterocycles. The van der Waals surface area contributed by atoms with E-state index in [1.807, 2.05) is 0 Å². The monoisotopic (exact) mass is 264 g/mol. The van der Waals surface area contributed by atoms with Crippen LogP contribution >= 0.6 is 7.82 Å². The normalized spacial score (nSPS) is 11.2. The third kappa shape index (κ3) is 17.3. The molecule has 0 amide bonds. The fourth-order valence-corrected chi connectivity index (χ4v) is 1.79. The molecule has 0 spiro atoms. The third-order valence-electron chi connectivity index (χ3n) is 2.26. The van der Waals surface area contributed by atoms with E-state index in [9.17, 15) is 4.57 Å². The van der Waals surface area contributed by atoms with Gasteiger partial charge >= 0.3 is 30.9 Å². The van der Waals surface area contributed by atoms with Gasteiger partial charge in [-0.3, -0.25) is 4.52 Å². The summed E-state index contributed by atoms with van der Waals surface area (Å²) in [4.78, 5) is 16.8. The third-order valence-corrected chi connectivity index (χ3v) is 2.78. The van der Waals surface area contributed by atoms with Crippen LogP contribution in [0, 0.1) is 0 Å². The minimum absolute atomic E-state index is 0. The average Bonchev–Trinajstić information content (AvgIpc) is 2.14. The summed E-state index contributed by atoms with van der Waals surface area (Å²) in [5, 5.41) is 0. The van der Waals surface area contributed by atoms with Crippen molar-refractivity contribution in [2.75, 3.05) is 6.61 Å². The molecular formula is C10H25MgO4P. The molecule has 0 aliphatic carbocycles. The Labute approximate surface area is 118 Å². The Morgan fingerprint density at radius 1 is 1.00 bits per heavy atom. The van der Waals surface area contributed by atoms with Gasteiger partial charge in [0.25, 0.3) is 0 Å². The molecule has 6 heteroatoms. The van der Waals surface area contributed by atoms with Crippen molar-refractivity contribution in [3.8, 4) is 0 Å². The zero-order valence-corrected chi connectivity index (χ0v) is 12.5. The number of hydrogen-bond acceptors (Lipinski definition) is 2. The van der Waals surface area contributed by atoms with Gasteiger partial charge in [-0.05, 0) is 6.42 Å². The van der Waals surface area contributed by atoms with Crippen molar-refractivity contribution in [3.05, 3.63) is 0 Å². The van der Waals surface area contributed by atoms with Crippen LogP contribution in [-0.4, -0.2) is 39.4 Å². The van der Waals surface area contributed by atoms with E-state index >= 15 is 0 Å². The van der Waals surface area contributed by atoms with Crippen LogP contribution in [0.4, 0.5) is 0 Å². The van der Waals surface area contributed by atoms with E-state index in [-0.39, 0.29) is 32.5 Å². The molecule has 4 nitrogen and oxygen atoms in total. The second-order valence-electron chi connectivity index (χ2n) is 3.80. The van der Waals surface area contributed by atoms with Crippen LogP contribution < -0.4 is 0 Å². The van der Waals surface area contributed by atoms with Crippen LogP contribution in [0.25, 0.3) is 0 Å². The molecule has 0 aliphatic rings. The first-order chi connectivity index (χ1) is 7.06. The van der Waals surface area contributed by atoms with Gasteiger partial charge in [0.1, 0.15) is 0 Å². The molecule has 0 saturated heterocycles. The minimum Gasteiger partial charge on any atom is -1.00 e. The molecule has 0 saturated carbocycles. The Morgan fingerprint density at radius 2 is 1.44 bits per heavy atom. The molecule has 0 fully saturated rings. The fraction of sp³-hybridized carbons (Fsp3) is 1.00. The summed E-state index contributed by atoms with van der Waals surface area (Å²) >= 11 is 0. The number of phosphoric ester groups is 1. The molecule has 0 heterocycles. The summed E-state index contributed by atoms with van der Waals surface area (Å²) in [7, 11) is -4.24. The first-order valence-electron chi connectivity index (χ1n) is 5.76. The van der Waals surface area contributed by atoms with Crippen LogP contribution in [0.5, 0.6) is 0 Å². The standard InChI is InChI=1S/C10H23O4P.Mg.2H/c1-2-3-4-5-6-7-8-9-10-14-15(11,12)13;;;/h2-10H2,1H3,(H2,11,12,13);;;/q;+2;2*-1. The van der Waals surface area contributed by atoms with Gasteiger partial charge in [-0.1, -0.05) is 51.9 Å². The number of unbranched alkanes of at least 4 members (excludes halogenated alkanes) is 7. The zero-order valence-electron chi connectivity index (χ0n) is 12.2. The Kier molecular flexibility index (Phi) is 14.8. The van der Waals surface area contributed by atoms with Gasteiger partial charge in [0.15, 0.2) is 0 Å². The van der Waals surface area contributed by atoms with Crippen LogP contribution in [0.15, 0.2) is 0 Å². The van der Waals surface area contributed by atoms with E-state index < -0.39 is 7.82 Å². The Hall–Kier alpha value is 0.876. The molecule has 16 heavy (non-hydrogen) atoms. The molecule has 0 bridgehead atoms. The quantitative estimate of drug-likeness (QED) is 0.361.